The Morgan fingerprint density at radius 2 is 2.57 bits per heavy atom. The van der Waals surface area contributed by atoms with Crippen molar-refractivity contribution in [3.8, 4) is 0 Å². The number of thiophene rings is 1. The zero-order valence-electron chi connectivity index (χ0n) is 8.38. The first-order chi connectivity index (χ1) is 6.87. The molecule has 1 saturated carbocycles. The molecule has 1 fully saturated rings. The lowest BCUT2D eigenvalue weighted by Crippen LogP contribution is -2.24. The number of likely N-dealkylation sites (N-methyl/N-ethyl adjacent to an activating group) is 1. The van der Waals surface area contributed by atoms with Gasteiger partial charge in [0.05, 0.1) is 0 Å². The molecule has 1 spiro atoms. The fourth-order valence-corrected chi connectivity index (χ4v) is 3.51. The van der Waals surface area contributed by atoms with Crippen LogP contribution in [0.2, 0.25) is 0 Å². The summed E-state index contributed by atoms with van der Waals surface area (Å²) in [6.45, 7) is 0.916. The largest absolute Gasteiger partial charge is 0.369 e. The lowest BCUT2D eigenvalue weighted by Gasteiger charge is -2.15. The van der Waals surface area contributed by atoms with Gasteiger partial charge in [0.25, 0.3) is 0 Å². The molecule has 2 aliphatic rings. The third kappa shape index (κ3) is 1.09. The van der Waals surface area contributed by atoms with Crippen LogP contribution in [0.3, 0.4) is 0 Å². The van der Waals surface area contributed by atoms with Crippen molar-refractivity contribution in [1.29, 1.82) is 0 Å². The smallest absolute Gasteiger partial charge is 0.111 e. The number of nitrogens with one attached hydrogen (secondary N) is 1. The van der Waals surface area contributed by atoms with Gasteiger partial charge in [0, 0.05) is 23.9 Å². The van der Waals surface area contributed by atoms with Gasteiger partial charge in [-0.15, -0.1) is 11.3 Å². The Labute approximate surface area is 88.3 Å². The van der Waals surface area contributed by atoms with Crippen molar-refractivity contribution in [1.82, 2.24) is 5.32 Å². The monoisotopic (exact) mass is 209 g/mol. The minimum absolute atomic E-state index is 0.0422. The van der Waals surface area contributed by atoms with Crippen molar-refractivity contribution in [2.45, 2.75) is 30.9 Å². The SMILES string of the molecule is CNC1CC12OCCCc1sccc12. The standard InChI is InChI=1S/C11H15NOS/c1-12-10-7-11(10)8-4-6-14-9(8)3-2-5-13-11/h4,6,10,12H,2-3,5,7H2,1H3. The van der Waals surface area contributed by atoms with Gasteiger partial charge in [0.15, 0.2) is 0 Å². The van der Waals surface area contributed by atoms with Gasteiger partial charge in [-0.3, -0.25) is 0 Å². The van der Waals surface area contributed by atoms with Gasteiger partial charge >= 0.3 is 0 Å². The molecule has 0 amide bonds. The fraction of sp³-hybridized carbons (Fsp3) is 0.636. The topological polar surface area (TPSA) is 21.3 Å². The molecular formula is C11H15NOS. The Bertz CT molecular complexity index is 349. The highest BCUT2D eigenvalue weighted by atomic mass is 32.1. The van der Waals surface area contributed by atoms with E-state index in [0.29, 0.717) is 6.04 Å². The average Bonchev–Trinajstić information content (AvgIpc) is 2.79. The van der Waals surface area contributed by atoms with Gasteiger partial charge in [0.1, 0.15) is 5.60 Å². The normalized spacial score (nSPS) is 35.4. The van der Waals surface area contributed by atoms with Crippen LogP contribution in [0.25, 0.3) is 0 Å². The van der Waals surface area contributed by atoms with Crippen LogP contribution < -0.4 is 5.32 Å². The minimum Gasteiger partial charge on any atom is -0.369 e. The van der Waals surface area contributed by atoms with E-state index in [1.54, 1.807) is 4.88 Å². The number of ether oxygens (including phenoxy) is 1. The molecule has 1 aromatic heterocycles. The molecule has 2 heterocycles. The third-order valence-electron chi connectivity index (χ3n) is 3.37. The molecule has 3 heteroatoms. The summed E-state index contributed by atoms with van der Waals surface area (Å²) in [5.41, 5.74) is 1.50. The van der Waals surface area contributed by atoms with Crippen LogP contribution in [0.5, 0.6) is 0 Å². The highest BCUT2D eigenvalue weighted by molar-refractivity contribution is 7.10. The molecule has 3 rings (SSSR count). The summed E-state index contributed by atoms with van der Waals surface area (Å²) in [5, 5.41) is 5.54. The van der Waals surface area contributed by atoms with Crippen LogP contribution in [0.1, 0.15) is 23.3 Å². The number of aryl methyl sites for hydroxylation is 1. The van der Waals surface area contributed by atoms with Crippen LogP contribution in [0.15, 0.2) is 11.4 Å². The van der Waals surface area contributed by atoms with Crippen molar-refractivity contribution in [3.63, 3.8) is 0 Å². The summed E-state index contributed by atoms with van der Waals surface area (Å²) in [4.78, 5) is 1.54. The molecule has 1 aromatic rings. The van der Waals surface area contributed by atoms with E-state index in [-0.39, 0.29) is 5.60 Å². The van der Waals surface area contributed by atoms with Crippen molar-refractivity contribution >= 4 is 11.3 Å². The maximum atomic E-state index is 6.03. The molecule has 14 heavy (non-hydrogen) atoms. The summed E-state index contributed by atoms with van der Waals surface area (Å²) in [6.07, 6.45) is 3.52. The van der Waals surface area contributed by atoms with E-state index >= 15 is 0 Å². The van der Waals surface area contributed by atoms with Crippen molar-refractivity contribution in [2.24, 2.45) is 0 Å². The maximum absolute atomic E-state index is 6.03. The van der Waals surface area contributed by atoms with Gasteiger partial charge in [-0.25, -0.2) is 0 Å². The number of hydrogen-bond donors (Lipinski definition) is 1. The lowest BCUT2D eigenvalue weighted by molar-refractivity contribution is 0.0272. The van der Waals surface area contributed by atoms with Gasteiger partial charge in [-0.2, -0.15) is 0 Å². The Morgan fingerprint density at radius 3 is 3.36 bits per heavy atom. The van der Waals surface area contributed by atoms with Crippen LogP contribution in [-0.4, -0.2) is 19.7 Å². The molecule has 1 aliphatic carbocycles. The van der Waals surface area contributed by atoms with Crippen molar-refractivity contribution in [2.75, 3.05) is 13.7 Å². The summed E-state index contributed by atoms with van der Waals surface area (Å²) < 4.78 is 6.03. The second kappa shape index (κ2) is 3.05. The molecule has 76 valence electrons. The van der Waals surface area contributed by atoms with Crippen LogP contribution >= 0.6 is 11.3 Å². The minimum atomic E-state index is 0.0422. The number of rotatable bonds is 1. The molecule has 0 radical (unpaired) electrons. The zero-order valence-corrected chi connectivity index (χ0v) is 9.19. The summed E-state index contributed by atoms with van der Waals surface area (Å²) in [6, 6.07) is 2.79. The van der Waals surface area contributed by atoms with Crippen LogP contribution in [-0.2, 0) is 16.8 Å². The maximum Gasteiger partial charge on any atom is 0.111 e. The first kappa shape index (κ1) is 8.89. The Hall–Kier alpha value is -0.380. The van der Waals surface area contributed by atoms with E-state index < -0.39 is 0 Å². The molecular weight excluding hydrogens is 194 g/mol. The van der Waals surface area contributed by atoms with Crippen molar-refractivity contribution < 1.29 is 4.74 Å². The van der Waals surface area contributed by atoms with Crippen molar-refractivity contribution in [3.05, 3.63) is 21.9 Å². The molecule has 0 bridgehead atoms. The van der Waals surface area contributed by atoms with E-state index in [9.17, 15) is 0 Å². The van der Waals surface area contributed by atoms with E-state index in [1.807, 2.05) is 18.4 Å². The fourth-order valence-electron chi connectivity index (χ4n) is 2.51. The lowest BCUT2D eigenvalue weighted by atomic mass is 10.1. The highest BCUT2D eigenvalue weighted by Crippen LogP contribution is 2.52. The predicted molar refractivity (Wildman–Crippen MR) is 57.7 cm³/mol. The molecule has 2 atom stereocenters. The molecule has 1 N–H and O–H groups in total. The van der Waals surface area contributed by atoms with E-state index in [4.69, 9.17) is 4.74 Å². The number of fused-ring (bicyclic) bond motifs is 2. The zero-order chi connectivity index (χ0) is 9.60. The number of hydrogen-bond acceptors (Lipinski definition) is 3. The molecule has 2 unspecified atom stereocenters. The molecule has 2 nitrogen and oxygen atoms in total. The average molecular weight is 209 g/mol. The summed E-state index contributed by atoms with van der Waals surface area (Å²) >= 11 is 1.89. The van der Waals surface area contributed by atoms with Gasteiger partial charge in [-0.05, 0) is 36.9 Å². The summed E-state index contributed by atoms with van der Waals surface area (Å²) in [7, 11) is 2.03. The van der Waals surface area contributed by atoms with E-state index in [1.165, 1.54) is 18.4 Å². The van der Waals surface area contributed by atoms with Gasteiger partial charge in [0.2, 0.25) is 0 Å². The third-order valence-corrected chi connectivity index (χ3v) is 4.35. The first-order valence-corrected chi connectivity index (χ1v) is 6.13. The van der Waals surface area contributed by atoms with Gasteiger partial charge < -0.3 is 10.1 Å². The van der Waals surface area contributed by atoms with Gasteiger partial charge in [-0.1, -0.05) is 0 Å². The summed E-state index contributed by atoms with van der Waals surface area (Å²) in [5.74, 6) is 0. The first-order valence-electron chi connectivity index (χ1n) is 5.25. The molecule has 0 saturated heterocycles. The van der Waals surface area contributed by atoms with E-state index in [0.717, 1.165) is 13.0 Å². The quantitative estimate of drug-likeness (QED) is 0.762. The van der Waals surface area contributed by atoms with E-state index in [2.05, 4.69) is 16.8 Å². The van der Waals surface area contributed by atoms with Crippen LogP contribution in [0, 0.1) is 0 Å². The second-order valence-electron chi connectivity index (χ2n) is 4.14. The molecule has 1 aliphatic heterocycles. The Balaban J connectivity index is 2.01. The Kier molecular flexibility index (Phi) is 1.94. The second-order valence-corrected chi connectivity index (χ2v) is 5.15. The van der Waals surface area contributed by atoms with Crippen LogP contribution in [0.4, 0.5) is 0 Å². The molecule has 0 aromatic carbocycles. The Morgan fingerprint density at radius 1 is 1.64 bits per heavy atom. The highest BCUT2D eigenvalue weighted by Gasteiger charge is 2.57. The predicted octanol–water partition coefficient (Wildman–Crippen LogP) is 1.90.